The van der Waals surface area contributed by atoms with Crippen LogP contribution in [0.2, 0.25) is 0 Å². The van der Waals surface area contributed by atoms with Crippen LogP contribution in [0, 0.1) is 25.5 Å². The summed E-state index contributed by atoms with van der Waals surface area (Å²) in [5, 5.41) is 4.96. The Hall–Kier alpha value is -2.28. The van der Waals surface area contributed by atoms with Crippen molar-refractivity contribution in [2.45, 2.75) is 19.9 Å². The van der Waals surface area contributed by atoms with Crippen molar-refractivity contribution in [2.75, 3.05) is 7.05 Å². The molecule has 1 aromatic heterocycles. The average molecular weight is 338 g/mol. The van der Waals surface area contributed by atoms with Gasteiger partial charge in [0.2, 0.25) is 5.91 Å². The molecule has 0 aliphatic carbocycles. The predicted octanol–water partition coefficient (Wildman–Crippen LogP) is 2.86. The second-order valence-corrected chi connectivity index (χ2v) is 6.30. The molecule has 4 nitrogen and oxygen atoms in total. The lowest BCUT2D eigenvalue weighted by atomic mass is 10.1. The fourth-order valence-electron chi connectivity index (χ4n) is 2.02. The normalized spacial score (nSPS) is 11.9. The van der Waals surface area contributed by atoms with Gasteiger partial charge in [-0.25, -0.2) is 8.78 Å². The quantitative estimate of drug-likeness (QED) is 0.901. The van der Waals surface area contributed by atoms with Gasteiger partial charge in [0.05, 0.1) is 4.88 Å². The van der Waals surface area contributed by atoms with Gasteiger partial charge in [0, 0.05) is 11.9 Å². The van der Waals surface area contributed by atoms with Crippen molar-refractivity contribution in [3.8, 4) is 0 Å². The Balaban J connectivity index is 2.30. The first-order chi connectivity index (χ1) is 10.8. The Bertz CT molecular complexity index is 739. The minimum atomic E-state index is -1.11. The van der Waals surface area contributed by atoms with Crippen LogP contribution in [-0.4, -0.2) is 18.9 Å². The first-order valence-electron chi connectivity index (χ1n) is 6.88. The van der Waals surface area contributed by atoms with Crippen molar-refractivity contribution in [1.82, 2.24) is 10.6 Å². The van der Waals surface area contributed by atoms with Gasteiger partial charge >= 0.3 is 0 Å². The lowest BCUT2D eigenvalue weighted by Gasteiger charge is -2.17. The molecule has 0 aliphatic rings. The van der Waals surface area contributed by atoms with E-state index in [-0.39, 0.29) is 5.56 Å². The summed E-state index contributed by atoms with van der Waals surface area (Å²) in [4.78, 5) is 25.8. The third kappa shape index (κ3) is 3.73. The third-order valence-corrected chi connectivity index (χ3v) is 4.60. The van der Waals surface area contributed by atoms with Crippen LogP contribution in [-0.2, 0) is 4.79 Å². The van der Waals surface area contributed by atoms with E-state index in [1.807, 2.05) is 13.8 Å². The standard InChI is InChI=1S/C16H16F2N2O2S/c1-8-6-13(23-9(8)2)15(21)20-14(16(22)19-3)10-4-5-11(17)12(18)7-10/h4-7,14H,1-3H3,(H,19,22)(H,20,21). The molecule has 23 heavy (non-hydrogen) atoms. The summed E-state index contributed by atoms with van der Waals surface area (Å²) in [5.41, 5.74) is 1.14. The predicted molar refractivity (Wildman–Crippen MR) is 84.4 cm³/mol. The molecule has 7 heteroatoms. The smallest absolute Gasteiger partial charge is 0.262 e. The zero-order valence-electron chi connectivity index (χ0n) is 12.9. The lowest BCUT2D eigenvalue weighted by Crippen LogP contribution is -2.38. The van der Waals surface area contributed by atoms with E-state index in [1.54, 1.807) is 6.07 Å². The van der Waals surface area contributed by atoms with Crippen LogP contribution in [0.4, 0.5) is 8.78 Å². The molecule has 0 bridgehead atoms. The highest BCUT2D eigenvalue weighted by Crippen LogP contribution is 2.22. The van der Waals surface area contributed by atoms with E-state index in [2.05, 4.69) is 10.6 Å². The van der Waals surface area contributed by atoms with Gasteiger partial charge in [0.15, 0.2) is 11.6 Å². The summed E-state index contributed by atoms with van der Waals surface area (Å²) in [7, 11) is 1.40. The van der Waals surface area contributed by atoms with E-state index >= 15 is 0 Å². The maximum absolute atomic E-state index is 13.4. The molecule has 0 aliphatic heterocycles. The van der Waals surface area contributed by atoms with E-state index in [9.17, 15) is 18.4 Å². The second kappa shape index (κ2) is 6.87. The summed E-state index contributed by atoms with van der Waals surface area (Å²) >= 11 is 1.31. The molecule has 0 saturated heterocycles. The number of halogens is 2. The molecule has 122 valence electrons. The zero-order chi connectivity index (χ0) is 17.1. The Kier molecular flexibility index (Phi) is 5.10. The maximum Gasteiger partial charge on any atom is 0.262 e. The molecule has 1 aromatic carbocycles. The van der Waals surface area contributed by atoms with Crippen molar-refractivity contribution in [3.05, 3.63) is 56.8 Å². The van der Waals surface area contributed by atoms with Crippen molar-refractivity contribution in [3.63, 3.8) is 0 Å². The van der Waals surface area contributed by atoms with Gasteiger partial charge in [-0.1, -0.05) is 6.07 Å². The topological polar surface area (TPSA) is 58.2 Å². The van der Waals surface area contributed by atoms with Gasteiger partial charge in [-0.3, -0.25) is 9.59 Å². The minimum Gasteiger partial charge on any atom is -0.357 e. The fraction of sp³-hybridized carbons (Fsp3) is 0.250. The van der Waals surface area contributed by atoms with Crippen LogP contribution in [0.3, 0.4) is 0 Å². The molecule has 0 fully saturated rings. The van der Waals surface area contributed by atoms with Crippen LogP contribution in [0.5, 0.6) is 0 Å². The lowest BCUT2D eigenvalue weighted by molar-refractivity contribution is -0.122. The van der Waals surface area contributed by atoms with Crippen LogP contribution >= 0.6 is 11.3 Å². The first-order valence-corrected chi connectivity index (χ1v) is 7.69. The maximum atomic E-state index is 13.4. The van der Waals surface area contributed by atoms with Crippen LogP contribution in [0.15, 0.2) is 24.3 Å². The summed E-state index contributed by atoms with van der Waals surface area (Å²) < 4.78 is 26.5. The summed E-state index contributed by atoms with van der Waals surface area (Å²) in [5.74, 6) is -3.05. The molecule has 2 rings (SSSR count). The highest BCUT2D eigenvalue weighted by atomic mass is 32.1. The number of nitrogens with one attached hydrogen (secondary N) is 2. The number of rotatable bonds is 4. The van der Waals surface area contributed by atoms with Crippen molar-refractivity contribution >= 4 is 23.2 Å². The number of aryl methyl sites for hydroxylation is 2. The van der Waals surface area contributed by atoms with Gasteiger partial charge in [-0.15, -0.1) is 11.3 Å². The van der Waals surface area contributed by atoms with Crippen LogP contribution in [0.25, 0.3) is 0 Å². The third-order valence-electron chi connectivity index (χ3n) is 3.45. The number of hydrogen-bond donors (Lipinski definition) is 2. The zero-order valence-corrected chi connectivity index (χ0v) is 13.7. The Morgan fingerprint density at radius 3 is 2.35 bits per heavy atom. The van der Waals surface area contributed by atoms with Gasteiger partial charge in [-0.05, 0) is 43.2 Å². The Labute approximate surface area is 136 Å². The molecule has 0 spiro atoms. The number of thiophene rings is 1. The number of likely N-dealkylation sites (N-methyl/N-ethyl adjacent to an activating group) is 1. The number of carbonyl (C=O) groups excluding carboxylic acids is 2. The SMILES string of the molecule is CNC(=O)C(NC(=O)c1cc(C)c(C)s1)c1ccc(F)c(F)c1. The molecule has 2 aromatic rings. The summed E-state index contributed by atoms with van der Waals surface area (Å²) in [6.45, 7) is 3.77. The first kappa shape index (κ1) is 17.1. The molecule has 0 radical (unpaired) electrons. The molecule has 1 unspecified atom stereocenters. The van der Waals surface area contributed by atoms with E-state index in [4.69, 9.17) is 0 Å². The average Bonchev–Trinajstić information content (AvgIpc) is 2.86. The summed E-state index contributed by atoms with van der Waals surface area (Å²) in [6, 6.07) is 3.71. The molecule has 2 N–H and O–H groups in total. The minimum absolute atomic E-state index is 0.168. The Morgan fingerprint density at radius 1 is 1.13 bits per heavy atom. The molecular weight excluding hydrogens is 322 g/mol. The van der Waals surface area contributed by atoms with Gasteiger partial charge in [0.25, 0.3) is 5.91 Å². The van der Waals surface area contributed by atoms with Crippen molar-refractivity contribution < 1.29 is 18.4 Å². The number of amides is 2. The number of hydrogen-bond acceptors (Lipinski definition) is 3. The highest BCUT2D eigenvalue weighted by molar-refractivity contribution is 7.14. The Morgan fingerprint density at radius 2 is 1.83 bits per heavy atom. The van der Waals surface area contributed by atoms with Gasteiger partial charge in [0.1, 0.15) is 6.04 Å². The van der Waals surface area contributed by atoms with E-state index in [0.29, 0.717) is 4.88 Å². The summed E-state index contributed by atoms with van der Waals surface area (Å²) in [6.07, 6.45) is 0. The van der Waals surface area contributed by atoms with Gasteiger partial charge in [-0.2, -0.15) is 0 Å². The molecule has 1 heterocycles. The fourth-order valence-corrected chi connectivity index (χ4v) is 2.96. The molecular formula is C16H16F2N2O2S. The van der Waals surface area contributed by atoms with Crippen molar-refractivity contribution in [2.24, 2.45) is 0 Å². The largest absolute Gasteiger partial charge is 0.357 e. The second-order valence-electron chi connectivity index (χ2n) is 5.04. The van der Waals surface area contributed by atoms with Crippen LogP contribution in [0.1, 0.15) is 31.7 Å². The number of benzene rings is 1. The molecule has 0 saturated carbocycles. The monoisotopic (exact) mass is 338 g/mol. The molecule has 1 atom stereocenters. The van der Waals surface area contributed by atoms with E-state index in [1.165, 1.54) is 24.5 Å². The number of carbonyl (C=O) groups is 2. The molecule has 2 amide bonds. The highest BCUT2D eigenvalue weighted by Gasteiger charge is 2.24. The van der Waals surface area contributed by atoms with Crippen LogP contribution < -0.4 is 10.6 Å². The van der Waals surface area contributed by atoms with Crippen molar-refractivity contribution in [1.29, 1.82) is 0 Å². The van der Waals surface area contributed by atoms with E-state index in [0.717, 1.165) is 22.6 Å². The van der Waals surface area contributed by atoms with Gasteiger partial charge < -0.3 is 10.6 Å². The van der Waals surface area contributed by atoms with E-state index < -0.39 is 29.5 Å².